The van der Waals surface area contributed by atoms with Gasteiger partial charge in [0.25, 0.3) is 5.91 Å². The topological polar surface area (TPSA) is 55.1 Å². The minimum Gasteiger partial charge on any atom is -0.352 e. The molecule has 1 fully saturated rings. The van der Waals surface area contributed by atoms with E-state index in [4.69, 9.17) is 5.73 Å². The van der Waals surface area contributed by atoms with Gasteiger partial charge in [0.05, 0.1) is 12.1 Å². The molecule has 112 valence electrons. The van der Waals surface area contributed by atoms with Crippen LogP contribution in [0.2, 0.25) is 0 Å². The maximum atomic E-state index is 12.3. The number of nitrogens with one attached hydrogen (secondary N) is 1. The van der Waals surface area contributed by atoms with Gasteiger partial charge in [-0.3, -0.25) is 4.79 Å². The summed E-state index contributed by atoms with van der Waals surface area (Å²) in [5.41, 5.74) is 6.79. The van der Waals surface area contributed by atoms with Crippen LogP contribution in [-0.2, 0) is 0 Å². The summed E-state index contributed by atoms with van der Waals surface area (Å²) in [6, 6.07) is 7.44. The summed E-state index contributed by atoms with van der Waals surface area (Å²) in [6.07, 6.45) is 5.04. The smallest absolute Gasteiger partial charge is 0.252 e. The van der Waals surface area contributed by atoms with Crippen molar-refractivity contribution in [3.8, 4) is 11.8 Å². The highest BCUT2D eigenvalue weighted by Gasteiger charge is 2.19. The van der Waals surface area contributed by atoms with Gasteiger partial charge in [0.1, 0.15) is 0 Å². The molecule has 0 saturated heterocycles. The molecular weight excluding hydrogens is 260 g/mol. The van der Waals surface area contributed by atoms with E-state index in [1.165, 1.54) is 25.7 Å². The Morgan fingerprint density at radius 2 is 2.19 bits per heavy atom. The molecule has 0 aromatic heterocycles. The summed E-state index contributed by atoms with van der Waals surface area (Å²) < 4.78 is 0. The molecule has 0 radical (unpaired) electrons. The SMILES string of the molecule is CC1CCCC(CNC(=O)c2ccccc2C#CCN)C1. The van der Waals surface area contributed by atoms with Crippen molar-refractivity contribution in [1.29, 1.82) is 0 Å². The van der Waals surface area contributed by atoms with Gasteiger partial charge in [-0.25, -0.2) is 0 Å². The second kappa shape index (κ2) is 7.85. The molecule has 1 aliphatic rings. The zero-order valence-corrected chi connectivity index (χ0v) is 12.7. The molecule has 0 aliphatic heterocycles. The Labute approximate surface area is 127 Å². The first-order chi connectivity index (χ1) is 10.2. The molecule has 3 heteroatoms. The minimum atomic E-state index is -0.0323. The van der Waals surface area contributed by atoms with Crippen molar-refractivity contribution in [2.45, 2.75) is 32.6 Å². The zero-order chi connectivity index (χ0) is 15.1. The molecular formula is C18H24N2O. The van der Waals surface area contributed by atoms with E-state index in [9.17, 15) is 4.79 Å². The van der Waals surface area contributed by atoms with Gasteiger partial charge in [0.2, 0.25) is 0 Å². The van der Waals surface area contributed by atoms with Crippen molar-refractivity contribution in [2.24, 2.45) is 17.6 Å². The number of rotatable bonds is 3. The fourth-order valence-corrected chi connectivity index (χ4v) is 3.01. The molecule has 0 heterocycles. The van der Waals surface area contributed by atoms with Gasteiger partial charge >= 0.3 is 0 Å². The average Bonchev–Trinajstić information content (AvgIpc) is 2.51. The van der Waals surface area contributed by atoms with E-state index >= 15 is 0 Å². The molecule has 1 saturated carbocycles. The molecule has 1 amide bonds. The van der Waals surface area contributed by atoms with Gasteiger partial charge in [-0.15, -0.1) is 0 Å². The van der Waals surface area contributed by atoms with Gasteiger partial charge in [-0.05, 0) is 36.8 Å². The highest BCUT2D eigenvalue weighted by atomic mass is 16.1. The second-order valence-electron chi connectivity index (χ2n) is 5.90. The van der Waals surface area contributed by atoms with Crippen LogP contribution in [0.3, 0.4) is 0 Å². The van der Waals surface area contributed by atoms with E-state index in [0.717, 1.165) is 18.0 Å². The zero-order valence-electron chi connectivity index (χ0n) is 12.7. The quantitative estimate of drug-likeness (QED) is 0.838. The number of amides is 1. The fourth-order valence-electron chi connectivity index (χ4n) is 3.01. The Kier molecular flexibility index (Phi) is 5.83. The van der Waals surface area contributed by atoms with Crippen LogP contribution in [0.4, 0.5) is 0 Å². The summed E-state index contributed by atoms with van der Waals surface area (Å²) in [7, 11) is 0. The molecule has 3 N–H and O–H groups in total. The molecule has 1 aromatic carbocycles. The van der Waals surface area contributed by atoms with E-state index < -0.39 is 0 Å². The standard InChI is InChI=1S/C18H24N2O/c1-14-6-4-7-15(12-14)13-20-18(21)17-10-3-2-8-16(17)9-5-11-19/h2-3,8,10,14-15H,4,6-7,11-13,19H2,1H3,(H,20,21). The molecule has 21 heavy (non-hydrogen) atoms. The van der Waals surface area contributed by atoms with Crippen LogP contribution < -0.4 is 11.1 Å². The van der Waals surface area contributed by atoms with Crippen molar-refractivity contribution in [3.05, 3.63) is 35.4 Å². The lowest BCUT2D eigenvalue weighted by atomic mass is 9.82. The molecule has 1 aromatic rings. The maximum absolute atomic E-state index is 12.3. The normalized spacial score (nSPS) is 21.2. The van der Waals surface area contributed by atoms with E-state index in [2.05, 4.69) is 24.1 Å². The number of hydrogen-bond donors (Lipinski definition) is 2. The monoisotopic (exact) mass is 284 g/mol. The predicted octanol–water partition coefficient (Wildman–Crippen LogP) is 2.55. The number of hydrogen-bond acceptors (Lipinski definition) is 2. The van der Waals surface area contributed by atoms with E-state index in [0.29, 0.717) is 18.0 Å². The Balaban J connectivity index is 1.97. The van der Waals surface area contributed by atoms with Crippen molar-refractivity contribution >= 4 is 5.91 Å². The summed E-state index contributed by atoms with van der Waals surface area (Å²) in [4.78, 5) is 12.3. The van der Waals surface area contributed by atoms with Gasteiger partial charge in [-0.1, -0.05) is 43.7 Å². The lowest BCUT2D eigenvalue weighted by molar-refractivity contribution is 0.0940. The van der Waals surface area contributed by atoms with Crippen molar-refractivity contribution in [3.63, 3.8) is 0 Å². The molecule has 1 aliphatic carbocycles. The predicted molar refractivity (Wildman–Crippen MR) is 85.8 cm³/mol. The second-order valence-corrected chi connectivity index (χ2v) is 5.90. The van der Waals surface area contributed by atoms with Gasteiger partial charge in [0.15, 0.2) is 0 Å². The Morgan fingerprint density at radius 3 is 2.95 bits per heavy atom. The van der Waals surface area contributed by atoms with Crippen LogP contribution in [0.5, 0.6) is 0 Å². The first kappa shape index (κ1) is 15.6. The summed E-state index contributed by atoms with van der Waals surface area (Å²) in [6.45, 7) is 3.36. The molecule has 3 nitrogen and oxygen atoms in total. The lowest BCUT2D eigenvalue weighted by Gasteiger charge is -2.26. The molecule has 2 atom stereocenters. The van der Waals surface area contributed by atoms with Gasteiger partial charge < -0.3 is 11.1 Å². The van der Waals surface area contributed by atoms with Crippen LogP contribution in [0.1, 0.15) is 48.5 Å². The first-order valence-electron chi connectivity index (χ1n) is 7.77. The first-order valence-corrected chi connectivity index (χ1v) is 7.77. The fraction of sp³-hybridized carbons (Fsp3) is 0.500. The van der Waals surface area contributed by atoms with Crippen LogP contribution >= 0.6 is 0 Å². The van der Waals surface area contributed by atoms with Gasteiger partial charge in [-0.2, -0.15) is 0 Å². The third kappa shape index (κ3) is 4.61. The summed E-state index contributed by atoms with van der Waals surface area (Å²) in [5.74, 6) is 7.13. The van der Waals surface area contributed by atoms with E-state index in [1.807, 2.05) is 24.3 Å². The van der Waals surface area contributed by atoms with Gasteiger partial charge in [0, 0.05) is 12.1 Å². The summed E-state index contributed by atoms with van der Waals surface area (Å²) >= 11 is 0. The number of nitrogens with two attached hydrogens (primary N) is 1. The van der Waals surface area contributed by atoms with Crippen LogP contribution in [-0.4, -0.2) is 19.0 Å². The van der Waals surface area contributed by atoms with Crippen LogP contribution in [0, 0.1) is 23.7 Å². The molecule has 0 spiro atoms. The molecule has 2 rings (SSSR count). The lowest BCUT2D eigenvalue weighted by Crippen LogP contribution is -2.31. The highest BCUT2D eigenvalue weighted by Crippen LogP contribution is 2.27. The van der Waals surface area contributed by atoms with Crippen molar-refractivity contribution in [1.82, 2.24) is 5.32 Å². The Hall–Kier alpha value is -1.79. The van der Waals surface area contributed by atoms with E-state index in [1.54, 1.807) is 0 Å². The number of carbonyl (C=O) groups excluding carboxylic acids is 1. The highest BCUT2D eigenvalue weighted by molar-refractivity contribution is 5.96. The average molecular weight is 284 g/mol. The molecule has 2 unspecified atom stereocenters. The van der Waals surface area contributed by atoms with Crippen LogP contribution in [0.25, 0.3) is 0 Å². The van der Waals surface area contributed by atoms with Crippen molar-refractivity contribution in [2.75, 3.05) is 13.1 Å². The third-order valence-corrected chi connectivity index (χ3v) is 4.09. The largest absolute Gasteiger partial charge is 0.352 e. The minimum absolute atomic E-state index is 0.0323. The third-order valence-electron chi connectivity index (χ3n) is 4.09. The number of benzene rings is 1. The van der Waals surface area contributed by atoms with Crippen LogP contribution in [0.15, 0.2) is 24.3 Å². The molecule has 0 bridgehead atoms. The summed E-state index contributed by atoms with van der Waals surface area (Å²) in [5, 5.41) is 3.07. The van der Waals surface area contributed by atoms with E-state index in [-0.39, 0.29) is 5.91 Å². The maximum Gasteiger partial charge on any atom is 0.252 e. The number of carbonyl (C=O) groups is 1. The Bertz CT molecular complexity index is 542. The Morgan fingerprint density at radius 1 is 1.38 bits per heavy atom. The van der Waals surface area contributed by atoms with Crippen molar-refractivity contribution < 1.29 is 4.79 Å².